The van der Waals surface area contributed by atoms with Crippen LogP contribution in [0.5, 0.6) is 5.75 Å². The van der Waals surface area contributed by atoms with Crippen LogP contribution in [0.25, 0.3) is 0 Å². The second kappa shape index (κ2) is 17.8. The van der Waals surface area contributed by atoms with E-state index in [9.17, 15) is 0 Å². The number of allylic oxidation sites excluding steroid dienone is 6. The molecular weight excluding hydrogens is 342 g/mol. The number of hydrogen-bond donors (Lipinski definition) is 0. The lowest BCUT2D eigenvalue weighted by Gasteiger charge is -2.06. The molecule has 0 fully saturated rings. The molecule has 154 valence electrons. The molecule has 0 amide bonds. The molecule has 0 unspecified atom stereocenters. The average molecular weight is 382 g/mol. The minimum Gasteiger partial charge on any atom is -0.497 e. The van der Waals surface area contributed by atoms with Gasteiger partial charge in [0.05, 0.1) is 12.8 Å². The van der Waals surface area contributed by atoms with Crippen LogP contribution in [0.15, 0.2) is 89.6 Å². The van der Waals surface area contributed by atoms with Crippen molar-refractivity contribution in [2.24, 2.45) is 4.99 Å². The van der Waals surface area contributed by atoms with E-state index >= 15 is 0 Å². The Bertz CT molecular complexity index is 678. The van der Waals surface area contributed by atoms with Gasteiger partial charge in [-0.2, -0.15) is 0 Å². The molecule has 1 rings (SSSR count). The second-order valence-corrected chi connectivity index (χ2v) is 6.29. The first kappa shape index (κ1) is 27.6. The number of methoxy groups -OCH3 is 1. The van der Waals surface area contributed by atoms with E-state index in [0.717, 1.165) is 29.2 Å². The second-order valence-electron chi connectivity index (χ2n) is 6.29. The smallest absolute Gasteiger partial charge is 0.118 e. The fourth-order valence-electron chi connectivity index (χ4n) is 1.82. The van der Waals surface area contributed by atoms with Crippen LogP contribution in [0.2, 0.25) is 0 Å². The summed E-state index contributed by atoms with van der Waals surface area (Å²) in [4.78, 5) is 4.55. The summed E-state index contributed by atoms with van der Waals surface area (Å²) in [6.45, 7) is 21.8. The zero-order valence-corrected chi connectivity index (χ0v) is 19.2. The number of aryl methyl sites for hydroxylation is 1. The highest BCUT2D eigenvalue weighted by Crippen LogP contribution is 2.18. The number of benzene rings is 1. The molecule has 0 N–H and O–H groups in total. The van der Waals surface area contributed by atoms with Gasteiger partial charge in [0.15, 0.2) is 0 Å². The average Bonchev–Trinajstić information content (AvgIpc) is 2.69. The van der Waals surface area contributed by atoms with Gasteiger partial charge in [-0.05, 0) is 71.7 Å². The van der Waals surface area contributed by atoms with Crippen LogP contribution in [0.3, 0.4) is 0 Å². The summed E-state index contributed by atoms with van der Waals surface area (Å²) in [6, 6.07) is 7.96. The molecule has 1 aromatic carbocycles. The van der Waals surface area contributed by atoms with Crippen molar-refractivity contribution in [1.82, 2.24) is 0 Å². The summed E-state index contributed by atoms with van der Waals surface area (Å²) in [5, 5.41) is 0. The summed E-state index contributed by atoms with van der Waals surface area (Å²) in [5.74, 6) is 0.917. The third-order valence-electron chi connectivity index (χ3n) is 3.71. The Labute approximate surface area is 173 Å². The Morgan fingerprint density at radius 3 is 1.89 bits per heavy atom. The molecule has 1 aromatic rings. The normalized spacial score (nSPS) is 10.9. The molecule has 0 heterocycles. The van der Waals surface area contributed by atoms with Crippen molar-refractivity contribution in [2.45, 2.75) is 54.9 Å². The molecule has 0 spiro atoms. The Kier molecular flexibility index (Phi) is 17.5. The van der Waals surface area contributed by atoms with Gasteiger partial charge in [-0.15, -0.1) is 0 Å². The number of nitrogens with zero attached hydrogens (tertiary/aromatic N) is 1. The van der Waals surface area contributed by atoms with Crippen LogP contribution in [-0.4, -0.2) is 12.8 Å². The van der Waals surface area contributed by atoms with Gasteiger partial charge in [0.2, 0.25) is 0 Å². The van der Waals surface area contributed by atoms with Crippen LogP contribution >= 0.6 is 0 Å². The Hall–Kier alpha value is -2.61. The highest BCUT2D eigenvalue weighted by molar-refractivity contribution is 5.83. The van der Waals surface area contributed by atoms with Gasteiger partial charge in [0.25, 0.3) is 0 Å². The minimum absolute atomic E-state index is 0.917. The lowest BCUT2D eigenvalue weighted by molar-refractivity contribution is 0.414. The predicted octanol–water partition coefficient (Wildman–Crippen LogP) is 8.04. The number of rotatable bonds is 6. The molecule has 2 nitrogen and oxygen atoms in total. The Morgan fingerprint density at radius 2 is 1.57 bits per heavy atom. The molecule has 0 aromatic heterocycles. The van der Waals surface area contributed by atoms with Crippen molar-refractivity contribution in [3.63, 3.8) is 0 Å². The maximum absolute atomic E-state index is 4.97. The van der Waals surface area contributed by atoms with Crippen molar-refractivity contribution in [2.75, 3.05) is 7.11 Å². The van der Waals surface area contributed by atoms with Crippen molar-refractivity contribution in [3.05, 3.63) is 90.2 Å². The number of aliphatic imine (C=N–C) groups is 1. The van der Waals surface area contributed by atoms with Gasteiger partial charge in [0.1, 0.15) is 5.75 Å². The molecule has 28 heavy (non-hydrogen) atoms. The summed E-state index contributed by atoms with van der Waals surface area (Å²) < 4.78 is 4.97. The summed E-state index contributed by atoms with van der Waals surface area (Å²) in [5.41, 5.74) is 5.62. The summed E-state index contributed by atoms with van der Waals surface area (Å²) in [6.07, 6.45) is 10.5. The molecule has 0 bridgehead atoms. The van der Waals surface area contributed by atoms with Crippen molar-refractivity contribution < 1.29 is 4.74 Å². The van der Waals surface area contributed by atoms with Gasteiger partial charge in [-0.25, -0.2) is 0 Å². The highest BCUT2D eigenvalue weighted by Gasteiger charge is 2.01. The minimum atomic E-state index is 0.917. The van der Waals surface area contributed by atoms with Crippen LogP contribution < -0.4 is 4.74 Å². The fourth-order valence-corrected chi connectivity index (χ4v) is 1.82. The van der Waals surface area contributed by atoms with E-state index in [-0.39, 0.29) is 0 Å². The van der Waals surface area contributed by atoms with E-state index in [0.29, 0.717) is 0 Å². The van der Waals surface area contributed by atoms with Crippen LogP contribution in [0, 0.1) is 6.92 Å². The molecule has 0 radical (unpaired) electrons. The molecule has 0 aliphatic heterocycles. The maximum atomic E-state index is 4.97. The van der Waals surface area contributed by atoms with Crippen molar-refractivity contribution >= 4 is 5.71 Å². The first-order valence-electron chi connectivity index (χ1n) is 9.66. The molecular formula is C26H39NO. The van der Waals surface area contributed by atoms with Crippen molar-refractivity contribution in [1.29, 1.82) is 0 Å². The van der Waals surface area contributed by atoms with Gasteiger partial charge in [0, 0.05) is 5.71 Å². The zero-order chi connectivity index (χ0) is 21.9. The van der Waals surface area contributed by atoms with Crippen molar-refractivity contribution in [3.8, 4) is 5.75 Å². The predicted molar refractivity (Wildman–Crippen MR) is 128 cm³/mol. The van der Waals surface area contributed by atoms with E-state index in [1.54, 1.807) is 13.2 Å². The number of hydrogen-bond acceptors (Lipinski definition) is 2. The third kappa shape index (κ3) is 13.6. The summed E-state index contributed by atoms with van der Waals surface area (Å²) >= 11 is 0. The van der Waals surface area contributed by atoms with Crippen LogP contribution in [-0.2, 0) is 0 Å². The van der Waals surface area contributed by atoms with E-state index in [1.807, 2.05) is 69.3 Å². The van der Waals surface area contributed by atoms with Crippen LogP contribution in [0.4, 0.5) is 0 Å². The zero-order valence-electron chi connectivity index (χ0n) is 19.2. The molecule has 2 heteroatoms. The topological polar surface area (TPSA) is 21.6 Å². The molecule has 0 aliphatic rings. The standard InChI is InChI=1S/C14H21N.C8H10O.C4H8/c1-7-10-14(15-12(6)8-2)13(9-3)11(4)5;1-7-3-5-8(9-2)6-4-7;1-3-4-2/h7,9-10H,1,3,8H2,2,4-6H3;3-6H,1-2H3;3-4H,1-2H3/b14-10+,15-12?;;4-3+. The Morgan fingerprint density at radius 1 is 1.04 bits per heavy atom. The van der Waals surface area contributed by atoms with E-state index < -0.39 is 0 Å². The quantitative estimate of drug-likeness (QED) is 0.277. The molecule has 0 aliphatic carbocycles. The Balaban J connectivity index is 0. The fraction of sp³-hybridized carbons (Fsp3) is 0.346. The first-order valence-corrected chi connectivity index (χ1v) is 9.66. The van der Waals surface area contributed by atoms with Crippen LogP contribution in [0.1, 0.15) is 53.5 Å². The molecule has 0 atom stereocenters. The number of ether oxygens (including phenoxy) is 1. The van der Waals surface area contributed by atoms with Gasteiger partial charge < -0.3 is 4.74 Å². The van der Waals surface area contributed by atoms with E-state index in [2.05, 4.69) is 45.8 Å². The van der Waals surface area contributed by atoms with Gasteiger partial charge in [-0.1, -0.05) is 67.7 Å². The van der Waals surface area contributed by atoms with Gasteiger partial charge in [-0.3, -0.25) is 4.99 Å². The lowest BCUT2D eigenvalue weighted by Crippen LogP contribution is -1.93. The van der Waals surface area contributed by atoms with E-state index in [4.69, 9.17) is 4.74 Å². The largest absolute Gasteiger partial charge is 0.497 e. The monoisotopic (exact) mass is 381 g/mol. The lowest BCUT2D eigenvalue weighted by atomic mass is 10.1. The first-order chi connectivity index (χ1) is 13.3. The SMILES string of the molecule is C/C=C/C.C=C/C=C(/N=C(C)CC)C(C=C)=C(C)C.COc1ccc(C)cc1. The van der Waals surface area contributed by atoms with E-state index in [1.165, 1.54) is 11.1 Å². The molecule has 0 saturated carbocycles. The summed E-state index contributed by atoms with van der Waals surface area (Å²) in [7, 11) is 1.67. The van der Waals surface area contributed by atoms with Gasteiger partial charge >= 0.3 is 0 Å². The molecule has 0 saturated heterocycles. The highest BCUT2D eigenvalue weighted by atomic mass is 16.5. The third-order valence-corrected chi connectivity index (χ3v) is 3.71. The maximum Gasteiger partial charge on any atom is 0.118 e.